The molecule has 0 radical (unpaired) electrons. The third-order valence-corrected chi connectivity index (χ3v) is 3.17. The number of nitrogens with two attached hydrogens (primary N) is 1. The molecule has 0 aliphatic rings. The van der Waals surface area contributed by atoms with Crippen molar-refractivity contribution in [1.82, 2.24) is 0 Å². The zero-order chi connectivity index (χ0) is 14.7. The van der Waals surface area contributed by atoms with E-state index in [2.05, 4.69) is 0 Å². The summed E-state index contributed by atoms with van der Waals surface area (Å²) in [6.07, 6.45) is 0. The molecule has 0 unspecified atom stereocenters. The molecular weight excluding hydrogens is 257 g/mol. The van der Waals surface area contributed by atoms with Crippen LogP contribution in [0, 0.1) is 19.7 Å². The Balaban J connectivity index is 2.13. The highest BCUT2D eigenvalue weighted by Gasteiger charge is 2.06. The lowest BCUT2D eigenvalue weighted by Gasteiger charge is -2.12. The van der Waals surface area contributed by atoms with Crippen LogP contribution in [0.15, 0.2) is 30.3 Å². The smallest absolute Gasteiger partial charge is 0.165 e. The Kier molecular flexibility index (Phi) is 4.13. The third kappa shape index (κ3) is 3.02. The van der Waals surface area contributed by atoms with Gasteiger partial charge in [0.15, 0.2) is 11.6 Å². The first-order chi connectivity index (χ1) is 9.51. The zero-order valence-corrected chi connectivity index (χ0v) is 11.9. The fraction of sp³-hybridized carbons (Fsp3) is 0.250. The fourth-order valence-corrected chi connectivity index (χ4v) is 1.93. The SMILES string of the molecule is COc1ccc(COc2cc(C)c(N)cc2C)cc1F. The number of nitrogen functional groups attached to an aromatic ring is 1. The van der Waals surface area contributed by atoms with E-state index in [9.17, 15) is 4.39 Å². The van der Waals surface area contributed by atoms with Gasteiger partial charge in [0.1, 0.15) is 12.4 Å². The maximum Gasteiger partial charge on any atom is 0.165 e. The number of benzene rings is 2. The number of halogens is 1. The summed E-state index contributed by atoms with van der Waals surface area (Å²) in [6, 6.07) is 8.55. The molecular formula is C16H18FNO2. The first-order valence-electron chi connectivity index (χ1n) is 6.33. The molecule has 2 rings (SSSR count). The Morgan fingerprint density at radius 1 is 1.05 bits per heavy atom. The normalized spacial score (nSPS) is 10.4. The summed E-state index contributed by atoms with van der Waals surface area (Å²) in [5.41, 5.74) is 9.24. The Labute approximate surface area is 118 Å². The van der Waals surface area contributed by atoms with E-state index < -0.39 is 0 Å². The van der Waals surface area contributed by atoms with Gasteiger partial charge in [-0.2, -0.15) is 0 Å². The lowest BCUT2D eigenvalue weighted by Crippen LogP contribution is -2.00. The molecule has 3 nitrogen and oxygen atoms in total. The Morgan fingerprint density at radius 3 is 2.45 bits per heavy atom. The number of hydrogen-bond acceptors (Lipinski definition) is 3. The van der Waals surface area contributed by atoms with Crippen molar-refractivity contribution in [3.63, 3.8) is 0 Å². The maximum atomic E-state index is 13.6. The van der Waals surface area contributed by atoms with Crippen LogP contribution in [0.2, 0.25) is 0 Å². The zero-order valence-electron chi connectivity index (χ0n) is 11.9. The molecule has 0 amide bonds. The molecule has 106 valence electrons. The molecule has 20 heavy (non-hydrogen) atoms. The van der Waals surface area contributed by atoms with Gasteiger partial charge in [-0.1, -0.05) is 6.07 Å². The average molecular weight is 275 g/mol. The summed E-state index contributed by atoms with van der Waals surface area (Å²) in [5.74, 6) is 0.597. The van der Waals surface area contributed by atoms with Gasteiger partial charge in [0.05, 0.1) is 7.11 Å². The van der Waals surface area contributed by atoms with E-state index in [1.54, 1.807) is 12.1 Å². The van der Waals surface area contributed by atoms with E-state index in [1.807, 2.05) is 26.0 Å². The topological polar surface area (TPSA) is 44.5 Å². The molecule has 2 aromatic rings. The molecule has 2 aromatic carbocycles. The van der Waals surface area contributed by atoms with Gasteiger partial charge < -0.3 is 15.2 Å². The molecule has 0 saturated heterocycles. The maximum absolute atomic E-state index is 13.6. The van der Waals surface area contributed by atoms with Crippen LogP contribution < -0.4 is 15.2 Å². The van der Waals surface area contributed by atoms with Crippen molar-refractivity contribution in [1.29, 1.82) is 0 Å². The van der Waals surface area contributed by atoms with E-state index in [0.29, 0.717) is 6.61 Å². The monoisotopic (exact) mass is 275 g/mol. The van der Waals surface area contributed by atoms with Crippen LogP contribution >= 0.6 is 0 Å². The van der Waals surface area contributed by atoms with Crippen molar-refractivity contribution in [3.05, 3.63) is 52.8 Å². The van der Waals surface area contributed by atoms with Crippen LogP contribution in [0.1, 0.15) is 16.7 Å². The molecule has 0 bridgehead atoms. The van der Waals surface area contributed by atoms with Crippen molar-refractivity contribution >= 4 is 5.69 Å². The van der Waals surface area contributed by atoms with Crippen molar-refractivity contribution in [2.24, 2.45) is 0 Å². The van der Waals surface area contributed by atoms with Crippen molar-refractivity contribution in [2.75, 3.05) is 12.8 Å². The van der Waals surface area contributed by atoms with E-state index in [4.69, 9.17) is 15.2 Å². The molecule has 0 aliphatic heterocycles. The summed E-state index contributed by atoms with van der Waals surface area (Å²) >= 11 is 0. The third-order valence-electron chi connectivity index (χ3n) is 3.17. The van der Waals surface area contributed by atoms with Gasteiger partial charge in [-0.3, -0.25) is 0 Å². The summed E-state index contributed by atoms with van der Waals surface area (Å²) in [4.78, 5) is 0. The van der Waals surface area contributed by atoms with Gasteiger partial charge in [0, 0.05) is 5.69 Å². The van der Waals surface area contributed by atoms with E-state index in [0.717, 1.165) is 28.1 Å². The fourth-order valence-electron chi connectivity index (χ4n) is 1.93. The quantitative estimate of drug-likeness (QED) is 0.867. The predicted molar refractivity (Wildman–Crippen MR) is 77.6 cm³/mol. The molecule has 0 spiro atoms. The highest BCUT2D eigenvalue weighted by molar-refractivity contribution is 5.53. The van der Waals surface area contributed by atoms with Gasteiger partial charge in [-0.05, 0) is 54.8 Å². The second-order valence-corrected chi connectivity index (χ2v) is 4.73. The van der Waals surface area contributed by atoms with Crippen LogP contribution in [-0.4, -0.2) is 7.11 Å². The van der Waals surface area contributed by atoms with Crippen LogP contribution in [0.4, 0.5) is 10.1 Å². The summed E-state index contributed by atoms with van der Waals surface area (Å²) in [6.45, 7) is 4.15. The number of rotatable bonds is 4. The lowest BCUT2D eigenvalue weighted by molar-refractivity contribution is 0.302. The minimum absolute atomic E-state index is 0.230. The molecule has 4 heteroatoms. The number of aryl methyl sites for hydroxylation is 2. The van der Waals surface area contributed by atoms with Crippen molar-refractivity contribution in [2.45, 2.75) is 20.5 Å². The van der Waals surface area contributed by atoms with E-state index in [1.165, 1.54) is 13.2 Å². The summed E-state index contributed by atoms with van der Waals surface area (Å²) in [5, 5.41) is 0. The molecule has 0 heterocycles. The van der Waals surface area contributed by atoms with Crippen LogP contribution in [-0.2, 0) is 6.61 Å². The van der Waals surface area contributed by atoms with Crippen LogP contribution in [0.5, 0.6) is 11.5 Å². The van der Waals surface area contributed by atoms with Crippen LogP contribution in [0.25, 0.3) is 0 Å². The lowest BCUT2D eigenvalue weighted by atomic mass is 10.1. The van der Waals surface area contributed by atoms with Gasteiger partial charge in [0.25, 0.3) is 0 Å². The number of methoxy groups -OCH3 is 1. The highest BCUT2D eigenvalue weighted by atomic mass is 19.1. The number of anilines is 1. The summed E-state index contributed by atoms with van der Waals surface area (Å²) in [7, 11) is 1.44. The minimum atomic E-state index is -0.390. The second kappa shape index (κ2) is 5.82. The molecule has 0 atom stereocenters. The Bertz CT molecular complexity index is 626. The Morgan fingerprint density at radius 2 is 1.80 bits per heavy atom. The number of ether oxygens (including phenoxy) is 2. The molecule has 0 aliphatic carbocycles. The van der Waals surface area contributed by atoms with Crippen molar-refractivity contribution in [3.8, 4) is 11.5 Å². The van der Waals surface area contributed by atoms with Gasteiger partial charge in [-0.25, -0.2) is 4.39 Å². The molecule has 0 fully saturated rings. The van der Waals surface area contributed by atoms with Crippen molar-refractivity contribution < 1.29 is 13.9 Å². The number of hydrogen-bond donors (Lipinski definition) is 1. The van der Waals surface area contributed by atoms with Gasteiger partial charge >= 0.3 is 0 Å². The van der Waals surface area contributed by atoms with E-state index >= 15 is 0 Å². The molecule has 0 aromatic heterocycles. The highest BCUT2D eigenvalue weighted by Crippen LogP contribution is 2.25. The predicted octanol–water partition coefficient (Wildman–Crippen LogP) is 3.61. The Hall–Kier alpha value is -2.23. The van der Waals surface area contributed by atoms with Gasteiger partial charge in [-0.15, -0.1) is 0 Å². The van der Waals surface area contributed by atoms with Crippen LogP contribution in [0.3, 0.4) is 0 Å². The standard InChI is InChI=1S/C16H18FNO2/c1-10-7-16(11(2)6-14(10)18)20-9-12-4-5-15(19-3)13(17)8-12/h4-8H,9,18H2,1-3H3. The largest absolute Gasteiger partial charge is 0.494 e. The minimum Gasteiger partial charge on any atom is -0.494 e. The second-order valence-electron chi connectivity index (χ2n) is 4.73. The first kappa shape index (κ1) is 14.2. The molecule has 2 N–H and O–H groups in total. The van der Waals surface area contributed by atoms with E-state index in [-0.39, 0.29) is 11.6 Å². The first-order valence-corrected chi connectivity index (χ1v) is 6.33. The molecule has 0 saturated carbocycles. The average Bonchev–Trinajstić information content (AvgIpc) is 2.41. The summed E-state index contributed by atoms with van der Waals surface area (Å²) < 4.78 is 24.2. The van der Waals surface area contributed by atoms with Gasteiger partial charge in [0.2, 0.25) is 0 Å².